The first-order chi connectivity index (χ1) is 8.43. The van der Waals surface area contributed by atoms with Crippen LogP contribution in [-0.2, 0) is 0 Å². The minimum atomic E-state index is -0.660. The maximum Gasteiger partial charge on any atom is 0.319 e. The van der Waals surface area contributed by atoms with Crippen molar-refractivity contribution in [2.75, 3.05) is 26.2 Å². The molecule has 2 heterocycles. The lowest BCUT2D eigenvalue weighted by Gasteiger charge is -2.16. The third kappa shape index (κ3) is 3.74. The molecule has 4 amide bonds. The van der Waals surface area contributed by atoms with E-state index in [2.05, 4.69) is 10.6 Å². The first-order valence-corrected chi connectivity index (χ1v) is 5.88. The van der Waals surface area contributed by atoms with Crippen molar-refractivity contribution in [1.82, 2.24) is 20.4 Å². The number of nitrogens with one attached hydrogen (secondary N) is 2. The molecule has 0 radical (unpaired) electrons. The Hall–Kier alpha value is -1.54. The van der Waals surface area contributed by atoms with Crippen LogP contribution in [0.25, 0.3) is 0 Å². The predicted molar refractivity (Wildman–Crippen MR) is 63.6 cm³/mol. The summed E-state index contributed by atoms with van der Waals surface area (Å²) < 4.78 is 0. The molecule has 0 saturated carbocycles. The molecule has 0 bridgehead atoms. The van der Waals surface area contributed by atoms with E-state index in [1.165, 1.54) is 9.80 Å². The smallest absolute Gasteiger partial charge is 0.319 e. The normalized spacial score (nSPS) is 22.0. The molecule has 0 aromatic rings. The van der Waals surface area contributed by atoms with Gasteiger partial charge in [0.15, 0.2) is 0 Å². The van der Waals surface area contributed by atoms with Gasteiger partial charge in [-0.2, -0.15) is 0 Å². The number of rotatable bonds is 2. The number of aliphatic hydroxyl groups is 2. The fourth-order valence-electron chi connectivity index (χ4n) is 1.69. The molecule has 2 atom stereocenters. The minimum Gasteiger partial charge on any atom is -0.374 e. The molecule has 0 aromatic carbocycles. The minimum absolute atomic E-state index is 0.176. The molecular weight excluding hydrogens is 240 g/mol. The summed E-state index contributed by atoms with van der Waals surface area (Å²) in [5.74, 6) is 0. The quantitative estimate of drug-likeness (QED) is 0.495. The Labute approximate surface area is 106 Å². The lowest BCUT2D eigenvalue weighted by molar-refractivity contribution is 0.0594. The summed E-state index contributed by atoms with van der Waals surface area (Å²) in [6.07, 6.45) is -1.32. The van der Waals surface area contributed by atoms with Crippen molar-refractivity contribution in [1.29, 1.82) is 0 Å². The number of hydrogen-bond acceptors (Lipinski definition) is 4. The van der Waals surface area contributed by atoms with E-state index >= 15 is 0 Å². The van der Waals surface area contributed by atoms with Crippen molar-refractivity contribution in [3.63, 3.8) is 0 Å². The molecule has 18 heavy (non-hydrogen) atoms. The van der Waals surface area contributed by atoms with Crippen LogP contribution in [0.1, 0.15) is 13.8 Å². The van der Waals surface area contributed by atoms with Crippen LogP contribution < -0.4 is 10.6 Å². The lowest BCUT2D eigenvalue weighted by Crippen LogP contribution is -2.35. The molecule has 2 rings (SSSR count). The van der Waals surface area contributed by atoms with Gasteiger partial charge in [-0.25, -0.2) is 9.59 Å². The van der Waals surface area contributed by atoms with Crippen molar-refractivity contribution in [2.24, 2.45) is 0 Å². The summed E-state index contributed by atoms with van der Waals surface area (Å²) in [5, 5.41) is 22.9. The molecule has 2 aliphatic rings. The van der Waals surface area contributed by atoms with Gasteiger partial charge in [-0.3, -0.25) is 9.80 Å². The van der Waals surface area contributed by atoms with Gasteiger partial charge in [-0.1, -0.05) is 0 Å². The molecule has 0 spiro atoms. The highest BCUT2D eigenvalue weighted by atomic mass is 16.3. The van der Waals surface area contributed by atoms with E-state index in [1.807, 2.05) is 0 Å². The van der Waals surface area contributed by atoms with Crippen LogP contribution in [0, 0.1) is 0 Å². The number of aliphatic hydroxyl groups excluding tert-OH is 2. The van der Waals surface area contributed by atoms with Crippen molar-refractivity contribution < 1.29 is 19.8 Å². The lowest BCUT2D eigenvalue weighted by atomic mass is 10.5. The number of carbonyl (C=O) groups excluding carboxylic acids is 2. The summed E-state index contributed by atoms with van der Waals surface area (Å²) in [4.78, 5) is 24.1. The van der Waals surface area contributed by atoms with Gasteiger partial charge >= 0.3 is 12.1 Å². The molecule has 0 aromatic heterocycles. The van der Waals surface area contributed by atoms with Crippen LogP contribution in [0.15, 0.2) is 0 Å². The number of carbonyl (C=O) groups is 2. The Morgan fingerprint density at radius 3 is 1.39 bits per heavy atom. The summed E-state index contributed by atoms with van der Waals surface area (Å²) >= 11 is 0. The van der Waals surface area contributed by atoms with Gasteiger partial charge < -0.3 is 20.8 Å². The highest BCUT2D eigenvalue weighted by molar-refractivity contribution is 5.76. The Morgan fingerprint density at radius 1 is 0.944 bits per heavy atom. The Morgan fingerprint density at radius 2 is 1.28 bits per heavy atom. The van der Waals surface area contributed by atoms with E-state index in [0.29, 0.717) is 26.2 Å². The average Bonchev–Trinajstić information content (AvgIpc) is 2.87. The zero-order valence-corrected chi connectivity index (χ0v) is 10.6. The predicted octanol–water partition coefficient (Wildman–Crippen LogP) is -1.30. The van der Waals surface area contributed by atoms with E-state index in [0.717, 1.165) is 0 Å². The maximum absolute atomic E-state index is 10.7. The second-order valence-electron chi connectivity index (χ2n) is 4.11. The average molecular weight is 260 g/mol. The molecule has 0 aliphatic carbocycles. The molecule has 2 saturated heterocycles. The first-order valence-electron chi connectivity index (χ1n) is 5.88. The molecule has 104 valence electrons. The molecule has 2 aliphatic heterocycles. The molecule has 2 fully saturated rings. The van der Waals surface area contributed by atoms with Gasteiger partial charge in [0, 0.05) is 26.2 Å². The third-order valence-corrected chi connectivity index (χ3v) is 2.68. The monoisotopic (exact) mass is 260 g/mol. The van der Waals surface area contributed by atoms with Crippen LogP contribution in [0.5, 0.6) is 0 Å². The molecule has 2 unspecified atom stereocenters. The molecule has 8 nitrogen and oxygen atoms in total. The molecule has 4 N–H and O–H groups in total. The second-order valence-corrected chi connectivity index (χ2v) is 4.11. The van der Waals surface area contributed by atoms with Crippen LogP contribution in [0.3, 0.4) is 0 Å². The largest absolute Gasteiger partial charge is 0.374 e. The van der Waals surface area contributed by atoms with Gasteiger partial charge in [-0.05, 0) is 13.8 Å². The summed E-state index contributed by atoms with van der Waals surface area (Å²) in [6, 6.07) is -0.352. The van der Waals surface area contributed by atoms with Crippen LogP contribution in [0.4, 0.5) is 9.59 Å². The van der Waals surface area contributed by atoms with Crippen molar-refractivity contribution >= 4 is 12.1 Å². The maximum atomic E-state index is 10.7. The van der Waals surface area contributed by atoms with Gasteiger partial charge in [0.1, 0.15) is 12.5 Å². The van der Waals surface area contributed by atoms with E-state index in [9.17, 15) is 9.59 Å². The standard InChI is InChI=1S/2C5H10N2O2/c2*1-4(8)7-3-2-6-5(7)9/h2*4,8H,2-3H2,1H3,(H,6,9). The van der Waals surface area contributed by atoms with E-state index < -0.39 is 12.5 Å². The Kier molecular flexibility index (Phi) is 5.17. The van der Waals surface area contributed by atoms with Crippen molar-refractivity contribution in [2.45, 2.75) is 26.3 Å². The van der Waals surface area contributed by atoms with Crippen molar-refractivity contribution in [3.8, 4) is 0 Å². The number of hydrogen-bond donors (Lipinski definition) is 4. The topological polar surface area (TPSA) is 105 Å². The van der Waals surface area contributed by atoms with E-state index in [4.69, 9.17) is 10.2 Å². The van der Waals surface area contributed by atoms with Crippen LogP contribution in [-0.4, -0.2) is 70.7 Å². The van der Waals surface area contributed by atoms with Gasteiger partial charge in [0.05, 0.1) is 0 Å². The van der Waals surface area contributed by atoms with E-state index in [-0.39, 0.29) is 12.1 Å². The zero-order chi connectivity index (χ0) is 13.7. The van der Waals surface area contributed by atoms with Crippen molar-refractivity contribution in [3.05, 3.63) is 0 Å². The van der Waals surface area contributed by atoms with E-state index in [1.54, 1.807) is 13.8 Å². The summed E-state index contributed by atoms with van der Waals surface area (Å²) in [5.41, 5.74) is 0. The second kappa shape index (κ2) is 6.41. The number of urea groups is 2. The third-order valence-electron chi connectivity index (χ3n) is 2.68. The summed E-state index contributed by atoms with van der Waals surface area (Å²) in [6.45, 7) is 5.65. The molecule has 8 heteroatoms. The zero-order valence-electron chi connectivity index (χ0n) is 10.6. The highest BCUT2D eigenvalue weighted by Crippen LogP contribution is 2.00. The SMILES string of the molecule is CC(O)N1CCNC1=O.CC(O)N1CCNC1=O. The Balaban J connectivity index is 0.000000180. The first kappa shape index (κ1) is 14.5. The van der Waals surface area contributed by atoms with Crippen LogP contribution >= 0.6 is 0 Å². The van der Waals surface area contributed by atoms with Gasteiger partial charge in [-0.15, -0.1) is 0 Å². The summed E-state index contributed by atoms with van der Waals surface area (Å²) in [7, 11) is 0. The van der Waals surface area contributed by atoms with Crippen LogP contribution in [0.2, 0.25) is 0 Å². The molecular formula is C10H20N4O4. The Bertz CT molecular complexity index is 278. The van der Waals surface area contributed by atoms with Gasteiger partial charge in [0.2, 0.25) is 0 Å². The highest BCUT2D eigenvalue weighted by Gasteiger charge is 2.23. The number of amides is 4. The fourth-order valence-corrected chi connectivity index (χ4v) is 1.69. The van der Waals surface area contributed by atoms with Gasteiger partial charge in [0.25, 0.3) is 0 Å². The number of nitrogens with zero attached hydrogens (tertiary/aromatic N) is 2. The fraction of sp³-hybridized carbons (Fsp3) is 0.800.